The van der Waals surface area contributed by atoms with Crippen molar-refractivity contribution in [3.63, 3.8) is 0 Å². The van der Waals surface area contributed by atoms with Crippen LogP contribution in [0.4, 0.5) is 10.3 Å². The molecule has 8 heteroatoms. The number of nitrogens with one attached hydrogen (secondary N) is 1. The molecule has 2 heterocycles. The van der Waals surface area contributed by atoms with Gasteiger partial charge in [0.2, 0.25) is 5.95 Å². The quantitative estimate of drug-likeness (QED) is 0.255. The van der Waals surface area contributed by atoms with Crippen LogP contribution in [0.3, 0.4) is 0 Å². The van der Waals surface area contributed by atoms with Gasteiger partial charge in [-0.25, -0.2) is 14.1 Å². The minimum absolute atomic E-state index is 0.0963. The highest BCUT2D eigenvalue weighted by molar-refractivity contribution is 6.01. The van der Waals surface area contributed by atoms with Crippen LogP contribution in [0, 0.1) is 5.82 Å². The molecule has 3 aromatic carbocycles. The summed E-state index contributed by atoms with van der Waals surface area (Å²) >= 11 is 0. The Hall–Kier alpha value is -4.72. The first kappa shape index (κ1) is 25.0. The van der Waals surface area contributed by atoms with E-state index in [-0.39, 0.29) is 36.1 Å². The molecule has 0 aliphatic heterocycles. The van der Waals surface area contributed by atoms with E-state index in [1.807, 2.05) is 30.3 Å². The first-order chi connectivity index (χ1) is 18.4. The van der Waals surface area contributed by atoms with Gasteiger partial charge in [-0.15, -0.1) is 5.10 Å². The molecule has 2 aromatic heterocycles. The molecule has 5 aromatic rings. The van der Waals surface area contributed by atoms with Gasteiger partial charge in [0.15, 0.2) is 5.76 Å². The minimum Gasteiger partial charge on any atom is -0.486 e. The Labute approximate surface area is 219 Å². The summed E-state index contributed by atoms with van der Waals surface area (Å²) in [5, 5.41) is 6.77. The molecule has 0 aliphatic rings. The molecular weight excluding hydrogens is 483 g/mol. The van der Waals surface area contributed by atoms with Crippen LogP contribution in [-0.2, 0) is 18.6 Å². The molecule has 192 valence electrons. The van der Waals surface area contributed by atoms with Crippen molar-refractivity contribution in [2.24, 2.45) is 0 Å². The number of aromatic nitrogens is 3. The Balaban J connectivity index is 1.15. The molecule has 0 aliphatic carbocycles. The zero-order valence-corrected chi connectivity index (χ0v) is 21.1. The normalized spacial score (nSPS) is 11.3. The molecule has 38 heavy (non-hydrogen) atoms. The van der Waals surface area contributed by atoms with Crippen molar-refractivity contribution in [3.8, 4) is 5.75 Å². The number of carbonyl (C=O) groups excluding carboxylic acids is 1. The summed E-state index contributed by atoms with van der Waals surface area (Å²) in [7, 11) is 0. The molecule has 1 amide bonds. The maximum Gasteiger partial charge on any atom is 0.293 e. The Kier molecular flexibility index (Phi) is 7.04. The number of nitrogens with zero attached hydrogens (tertiary/aromatic N) is 3. The second kappa shape index (κ2) is 10.7. The van der Waals surface area contributed by atoms with Gasteiger partial charge in [0.1, 0.15) is 30.3 Å². The summed E-state index contributed by atoms with van der Waals surface area (Å²) in [6.45, 7) is 4.75. The van der Waals surface area contributed by atoms with Crippen LogP contribution < -0.4 is 10.1 Å². The summed E-state index contributed by atoms with van der Waals surface area (Å²) in [4.78, 5) is 16.6. The molecule has 0 saturated carbocycles. The maximum absolute atomic E-state index is 13.9. The van der Waals surface area contributed by atoms with Crippen molar-refractivity contribution in [2.75, 3.05) is 5.32 Å². The smallest absolute Gasteiger partial charge is 0.293 e. The van der Waals surface area contributed by atoms with Gasteiger partial charge in [-0.3, -0.25) is 10.1 Å². The zero-order chi connectivity index (χ0) is 26.5. The predicted molar refractivity (Wildman–Crippen MR) is 142 cm³/mol. The molecule has 0 radical (unpaired) electrons. The van der Waals surface area contributed by atoms with Crippen LogP contribution >= 0.6 is 0 Å². The standard InChI is InChI=1S/C30H27FN4O3/c1-30(2,22-9-4-3-5-10-22)23-12-14-24(15-13-23)37-19-25-16-17-27(38-25)28(36)33-29-32-20-35(34-29)18-21-8-6-7-11-26(21)31/h3-17,20H,18-19H2,1-2H3,(H,33,34,36). The van der Waals surface area contributed by atoms with Gasteiger partial charge >= 0.3 is 0 Å². The average molecular weight is 511 g/mol. The fraction of sp³-hybridized carbons (Fsp3) is 0.167. The lowest BCUT2D eigenvalue weighted by atomic mass is 9.78. The van der Waals surface area contributed by atoms with Crippen molar-refractivity contribution in [1.29, 1.82) is 0 Å². The monoisotopic (exact) mass is 510 g/mol. The van der Waals surface area contributed by atoms with Gasteiger partial charge in [0.25, 0.3) is 5.91 Å². The van der Waals surface area contributed by atoms with E-state index in [1.165, 1.54) is 28.2 Å². The van der Waals surface area contributed by atoms with Crippen molar-refractivity contribution < 1.29 is 18.3 Å². The third-order valence-electron chi connectivity index (χ3n) is 6.39. The van der Waals surface area contributed by atoms with Gasteiger partial charge in [0, 0.05) is 11.0 Å². The highest BCUT2D eigenvalue weighted by atomic mass is 19.1. The lowest BCUT2D eigenvalue weighted by Gasteiger charge is -2.26. The summed E-state index contributed by atoms with van der Waals surface area (Å²) in [5.41, 5.74) is 2.76. The first-order valence-corrected chi connectivity index (χ1v) is 12.2. The van der Waals surface area contributed by atoms with Crippen molar-refractivity contribution >= 4 is 11.9 Å². The molecule has 0 saturated heterocycles. The van der Waals surface area contributed by atoms with E-state index in [2.05, 4.69) is 53.5 Å². The van der Waals surface area contributed by atoms with E-state index in [4.69, 9.17) is 9.15 Å². The number of ether oxygens (including phenoxy) is 1. The largest absolute Gasteiger partial charge is 0.486 e. The van der Waals surface area contributed by atoms with Crippen LogP contribution in [0.5, 0.6) is 5.75 Å². The molecule has 0 bridgehead atoms. The molecule has 7 nitrogen and oxygen atoms in total. The fourth-order valence-corrected chi connectivity index (χ4v) is 4.11. The second-order valence-electron chi connectivity index (χ2n) is 9.38. The van der Waals surface area contributed by atoms with Crippen molar-refractivity contribution in [2.45, 2.75) is 32.4 Å². The van der Waals surface area contributed by atoms with E-state index >= 15 is 0 Å². The molecular formula is C30H27FN4O3. The van der Waals surface area contributed by atoms with Gasteiger partial charge in [-0.05, 0) is 41.5 Å². The Morgan fingerprint density at radius 3 is 2.42 bits per heavy atom. The average Bonchev–Trinajstić information content (AvgIpc) is 3.59. The van der Waals surface area contributed by atoms with Gasteiger partial charge < -0.3 is 9.15 Å². The zero-order valence-electron chi connectivity index (χ0n) is 21.1. The van der Waals surface area contributed by atoms with E-state index in [0.29, 0.717) is 17.1 Å². The fourth-order valence-electron chi connectivity index (χ4n) is 4.11. The topological polar surface area (TPSA) is 82.2 Å². The lowest BCUT2D eigenvalue weighted by molar-refractivity contribution is 0.0991. The molecule has 0 spiro atoms. The molecule has 0 atom stereocenters. The Morgan fingerprint density at radius 1 is 0.947 bits per heavy atom. The first-order valence-electron chi connectivity index (χ1n) is 12.2. The predicted octanol–water partition coefficient (Wildman–Crippen LogP) is 6.22. The SMILES string of the molecule is CC(C)(c1ccccc1)c1ccc(OCc2ccc(C(=O)Nc3ncn(Cc4ccccc4F)n3)o2)cc1. The van der Waals surface area contributed by atoms with Gasteiger partial charge in [-0.1, -0.05) is 74.5 Å². The number of furan rings is 1. The third-order valence-corrected chi connectivity index (χ3v) is 6.39. The molecule has 0 unspecified atom stereocenters. The highest BCUT2D eigenvalue weighted by Crippen LogP contribution is 2.32. The second-order valence-corrected chi connectivity index (χ2v) is 9.38. The third kappa shape index (κ3) is 5.64. The van der Waals surface area contributed by atoms with Gasteiger partial charge in [-0.2, -0.15) is 0 Å². The number of amides is 1. The van der Waals surface area contributed by atoms with Crippen LogP contribution in [0.1, 0.15) is 46.9 Å². The number of anilines is 1. The molecule has 5 rings (SSSR count). The molecule has 0 fully saturated rings. The summed E-state index contributed by atoms with van der Waals surface area (Å²) in [6.07, 6.45) is 1.43. The van der Waals surface area contributed by atoms with E-state index in [9.17, 15) is 9.18 Å². The maximum atomic E-state index is 13.9. The van der Waals surface area contributed by atoms with Crippen LogP contribution in [0.25, 0.3) is 0 Å². The number of benzene rings is 3. The van der Waals surface area contributed by atoms with E-state index < -0.39 is 5.91 Å². The van der Waals surface area contributed by atoms with Crippen molar-refractivity contribution in [3.05, 3.63) is 131 Å². The highest BCUT2D eigenvalue weighted by Gasteiger charge is 2.22. The molecule has 1 N–H and O–H groups in total. The summed E-state index contributed by atoms with van der Waals surface area (Å²) < 4.78 is 26.8. The van der Waals surface area contributed by atoms with Crippen LogP contribution in [-0.4, -0.2) is 20.7 Å². The number of halogens is 1. The number of hydrogen-bond donors (Lipinski definition) is 1. The van der Waals surface area contributed by atoms with Crippen molar-refractivity contribution in [1.82, 2.24) is 14.8 Å². The van der Waals surface area contributed by atoms with Crippen LogP contribution in [0.15, 0.2) is 102 Å². The number of carbonyl (C=O) groups is 1. The Morgan fingerprint density at radius 2 is 1.66 bits per heavy atom. The summed E-state index contributed by atoms with van der Waals surface area (Å²) in [5.74, 6) is 0.581. The Bertz CT molecular complexity index is 1520. The van der Waals surface area contributed by atoms with Gasteiger partial charge in [0.05, 0.1) is 6.54 Å². The lowest BCUT2D eigenvalue weighted by Crippen LogP contribution is -2.18. The van der Waals surface area contributed by atoms with E-state index in [1.54, 1.807) is 30.3 Å². The summed E-state index contributed by atoms with van der Waals surface area (Å²) in [6, 6.07) is 28.0. The minimum atomic E-state index is -0.493. The number of rotatable bonds is 9. The number of hydrogen-bond acceptors (Lipinski definition) is 5. The van der Waals surface area contributed by atoms with Crippen LogP contribution in [0.2, 0.25) is 0 Å². The van der Waals surface area contributed by atoms with E-state index in [0.717, 1.165) is 0 Å².